The highest BCUT2D eigenvalue weighted by Crippen LogP contribution is 2.37. The van der Waals surface area contributed by atoms with Crippen LogP contribution < -0.4 is 0 Å². The normalized spacial score (nSPS) is 18.0. The molecule has 1 nitrogen and oxygen atoms in total. The van der Waals surface area contributed by atoms with Crippen molar-refractivity contribution < 1.29 is 4.29 Å². The molecule has 0 saturated heterocycles. The van der Waals surface area contributed by atoms with Crippen LogP contribution in [-0.2, 0) is 4.29 Å². The first kappa shape index (κ1) is 11.2. The van der Waals surface area contributed by atoms with Crippen molar-refractivity contribution in [3.63, 3.8) is 0 Å². The zero-order valence-electron chi connectivity index (χ0n) is 8.20. The average Bonchev–Trinajstić information content (AvgIpc) is 1.86. The SMILES string of the molecule is CCCC(C)(OCl)C(C)(C)C. The van der Waals surface area contributed by atoms with E-state index in [1.165, 1.54) is 0 Å². The Morgan fingerprint density at radius 2 is 1.64 bits per heavy atom. The number of halogens is 1. The second-order valence-electron chi connectivity index (χ2n) is 4.31. The zero-order chi connectivity index (χ0) is 9.12. The molecule has 2 heteroatoms. The summed E-state index contributed by atoms with van der Waals surface area (Å²) in [5, 5.41) is 0. The predicted octanol–water partition coefficient (Wildman–Crippen LogP) is 3.76. The fraction of sp³-hybridized carbons (Fsp3) is 1.00. The van der Waals surface area contributed by atoms with Crippen molar-refractivity contribution in [1.29, 1.82) is 0 Å². The molecule has 0 amide bonds. The molecule has 68 valence electrons. The van der Waals surface area contributed by atoms with Gasteiger partial charge in [0, 0.05) is 0 Å². The van der Waals surface area contributed by atoms with Crippen LogP contribution in [0.4, 0.5) is 0 Å². The van der Waals surface area contributed by atoms with E-state index in [-0.39, 0.29) is 11.0 Å². The standard InChI is InChI=1S/C9H19ClO/c1-6-7-9(5,11-10)8(2,3)4/h6-7H2,1-5H3. The van der Waals surface area contributed by atoms with Gasteiger partial charge in [-0.05, 0) is 18.8 Å². The Morgan fingerprint density at radius 3 is 1.73 bits per heavy atom. The van der Waals surface area contributed by atoms with Gasteiger partial charge >= 0.3 is 0 Å². The molecule has 0 spiro atoms. The van der Waals surface area contributed by atoms with Crippen LogP contribution in [0.5, 0.6) is 0 Å². The van der Waals surface area contributed by atoms with Crippen molar-refractivity contribution >= 4 is 11.9 Å². The van der Waals surface area contributed by atoms with Crippen LogP contribution in [0.25, 0.3) is 0 Å². The maximum absolute atomic E-state index is 5.47. The lowest BCUT2D eigenvalue weighted by molar-refractivity contribution is -0.0170. The summed E-state index contributed by atoms with van der Waals surface area (Å²) < 4.78 is 5.01. The second kappa shape index (κ2) is 3.77. The van der Waals surface area contributed by atoms with E-state index in [0.717, 1.165) is 12.8 Å². The van der Waals surface area contributed by atoms with Gasteiger partial charge in [-0.25, -0.2) is 0 Å². The van der Waals surface area contributed by atoms with E-state index >= 15 is 0 Å². The topological polar surface area (TPSA) is 9.23 Å². The minimum atomic E-state index is -0.205. The van der Waals surface area contributed by atoms with E-state index in [9.17, 15) is 0 Å². The summed E-state index contributed by atoms with van der Waals surface area (Å²) in [6.07, 6.45) is 2.10. The third-order valence-electron chi connectivity index (χ3n) is 2.48. The van der Waals surface area contributed by atoms with Gasteiger partial charge in [-0.3, -0.25) is 4.29 Å². The summed E-state index contributed by atoms with van der Waals surface area (Å²) in [5.41, 5.74) is -0.103. The van der Waals surface area contributed by atoms with Crippen LogP contribution in [0.2, 0.25) is 0 Å². The largest absolute Gasteiger partial charge is 0.272 e. The summed E-state index contributed by atoms with van der Waals surface area (Å²) in [6.45, 7) is 10.6. The average molecular weight is 179 g/mol. The molecule has 0 heterocycles. The highest BCUT2D eigenvalue weighted by Gasteiger charge is 2.37. The molecule has 0 aromatic carbocycles. The summed E-state index contributed by atoms with van der Waals surface area (Å²) >= 11 is 5.47. The molecule has 0 rings (SSSR count). The van der Waals surface area contributed by atoms with Gasteiger partial charge in [0.25, 0.3) is 0 Å². The Kier molecular flexibility index (Phi) is 3.86. The monoisotopic (exact) mass is 178 g/mol. The first-order chi connectivity index (χ1) is 4.87. The van der Waals surface area contributed by atoms with Gasteiger partial charge in [-0.2, -0.15) is 0 Å². The van der Waals surface area contributed by atoms with E-state index in [0.29, 0.717) is 0 Å². The van der Waals surface area contributed by atoms with E-state index in [1.807, 2.05) is 0 Å². The van der Waals surface area contributed by atoms with Crippen molar-refractivity contribution in [2.75, 3.05) is 0 Å². The van der Waals surface area contributed by atoms with Crippen molar-refractivity contribution in [3.8, 4) is 0 Å². The first-order valence-electron chi connectivity index (χ1n) is 4.17. The maximum atomic E-state index is 5.47. The Labute approximate surface area is 75.2 Å². The van der Waals surface area contributed by atoms with E-state index < -0.39 is 0 Å². The van der Waals surface area contributed by atoms with E-state index in [4.69, 9.17) is 16.2 Å². The Bertz CT molecular complexity index is 117. The molecule has 0 radical (unpaired) electrons. The third kappa shape index (κ3) is 2.64. The lowest BCUT2D eigenvalue weighted by Gasteiger charge is -2.38. The zero-order valence-corrected chi connectivity index (χ0v) is 8.96. The molecule has 1 atom stereocenters. The van der Waals surface area contributed by atoms with E-state index in [2.05, 4.69) is 34.6 Å². The summed E-state index contributed by atoms with van der Waals surface area (Å²) in [4.78, 5) is 0. The highest BCUT2D eigenvalue weighted by atomic mass is 35.5. The number of hydrogen-bond acceptors (Lipinski definition) is 1. The summed E-state index contributed by atoms with van der Waals surface area (Å²) in [6, 6.07) is 0. The molecular weight excluding hydrogens is 160 g/mol. The fourth-order valence-electron chi connectivity index (χ4n) is 1.01. The van der Waals surface area contributed by atoms with Gasteiger partial charge in [0.15, 0.2) is 0 Å². The maximum Gasteiger partial charge on any atom is 0.0917 e. The van der Waals surface area contributed by atoms with Gasteiger partial charge in [-0.1, -0.05) is 34.1 Å². The third-order valence-corrected chi connectivity index (χ3v) is 2.82. The molecule has 1 unspecified atom stereocenters. The van der Waals surface area contributed by atoms with Crippen LogP contribution in [-0.4, -0.2) is 5.60 Å². The molecule has 11 heavy (non-hydrogen) atoms. The smallest absolute Gasteiger partial charge is 0.0917 e. The quantitative estimate of drug-likeness (QED) is 0.640. The predicted molar refractivity (Wildman–Crippen MR) is 49.7 cm³/mol. The first-order valence-corrected chi connectivity index (χ1v) is 4.48. The minimum absolute atomic E-state index is 0.102. The van der Waals surface area contributed by atoms with Gasteiger partial charge in [-0.15, -0.1) is 0 Å². The summed E-state index contributed by atoms with van der Waals surface area (Å²) in [7, 11) is 0. The highest BCUT2D eigenvalue weighted by molar-refractivity contribution is 6.07. The van der Waals surface area contributed by atoms with Crippen molar-refractivity contribution in [1.82, 2.24) is 0 Å². The lowest BCUT2D eigenvalue weighted by Crippen LogP contribution is -2.40. The Hall–Kier alpha value is 0.250. The second-order valence-corrected chi connectivity index (χ2v) is 4.46. The molecule has 0 N–H and O–H groups in total. The molecule has 0 aromatic rings. The van der Waals surface area contributed by atoms with Gasteiger partial charge in [0.2, 0.25) is 0 Å². The summed E-state index contributed by atoms with van der Waals surface area (Å²) in [5.74, 6) is 0. The van der Waals surface area contributed by atoms with Gasteiger partial charge < -0.3 is 0 Å². The van der Waals surface area contributed by atoms with Crippen LogP contribution >= 0.6 is 11.9 Å². The van der Waals surface area contributed by atoms with Crippen LogP contribution in [0.1, 0.15) is 47.5 Å². The van der Waals surface area contributed by atoms with Crippen molar-refractivity contribution in [2.45, 2.75) is 53.1 Å². The van der Waals surface area contributed by atoms with Crippen LogP contribution in [0.3, 0.4) is 0 Å². The van der Waals surface area contributed by atoms with Gasteiger partial charge in [0.1, 0.15) is 0 Å². The molecule has 0 aliphatic heterocycles. The molecule has 0 aliphatic carbocycles. The molecular formula is C9H19ClO. The van der Waals surface area contributed by atoms with Crippen molar-refractivity contribution in [2.24, 2.45) is 5.41 Å². The fourth-order valence-corrected chi connectivity index (χ4v) is 1.31. The van der Waals surface area contributed by atoms with E-state index in [1.54, 1.807) is 0 Å². The van der Waals surface area contributed by atoms with Crippen LogP contribution in [0, 0.1) is 5.41 Å². The molecule has 0 aliphatic rings. The molecule has 0 fully saturated rings. The minimum Gasteiger partial charge on any atom is -0.272 e. The van der Waals surface area contributed by atoms with Crippen LogP contribution in [0.15, 0.2) is 0 Å². The molecule has 0 saturated carbocycles. The number of hydrogen-bond donors (Lipinski definition) is 0. The molecule has 0 aromatic heterocycles. The van der Waals surface area contributed by atoms with Gasteiger partial charge in [0.05, 0.1) is 17.5 Å². The van der Waals surface area contributed by atoms with Crippen molar-refractivity contribution in [3.05, 3.63) is 0 Å². The number of rotatable bonds is 3. The Morgan fingerprint density at radius 1 is 1.18 bits per heavy atom. The lowest BCUT2D eigenvalue weighted by atomic mass is 9.75. The molecule has 0 bridgehead atoms. The Balaban J connectivity index is 4.33.